The molecule has 1 N–H and O–H groups in total. The van der Waals surface area contributed by atoms with Crippen molar-refractivity contribution in [3.8, 4) is 5.75 Å². The summed E-state index contributed by atoms with van der Waals surface area (Å²) in [5, 5.41) is 11.1. The molecule has 3 rings (SSSR count). The van der Waals surface area contributed by atoms with E-state index >= 15 is 0 Å². The molecule has 0 bridgehead atoms. The summed E-state index contributed by atoms with van der Waals surface area (Å²) < 4.78 is 5.23. The highest BCUT2D eigenvalue weighted by atomic mass is 16.5. The van der Waals surface area contributed by atoms with Crippen LogP contribution in [0.4, 0.5) is 0 Å². The van der Waals surface area contributed by atoms with Gasteiger partial charge in [-0.15, -0.1) is 0 Å². The standard InChI is InChI=1S/C23H27N3O4/c1-15-14-17(30-4)6-7-18(15)21(27)19-20(16-8-10-24-11-9-16)26(23(29)22(19)28)13-5-12-25(2)3/h6-11,14,20,27H,5,12-13H2,1-4H3/b21-19+. The molecular formula is C23H27N3O4. The molecule has 2 heterocycles. The zero-order valence-electron chi connectivity index (χ0n) is 17.8. The quantitative estimate of drug-likeness (QED) is 0.430. The molecule has 1 aliphatic heterocycles. The van der Waals surface area contributed by atoms with E-state index in [9.17, 15) is 14.7 Å². The van der Waals surface area contributed by atoms with Gasteiger partial charge in [0, 0.05) is 24.5 Å². The second kappa shape index (κ2) is 9.09. The van der Waals surface area contributed by atoms with E-state index < -0.39 is 17.7 Å². The molecule has 7 nitrogen and oxygen atoms in total. The molecule has 1 fully saturated rings. The number of aliphatic hydroxyl groups excluding tert-OH is 1. The number of ketones is 1. The third-order valence-electron chi connectivity index (χ3n) is 5.25. The Morgan fingerprint density at radius 2 is 1.90 bits per heavy atom. The Bertz CT molecular complexity index is 970. The van der Waals surface area contributed by atoms with Gasteiger partial charge in [0.2, 0.25) is 0 Å². The number of hydrogen-bond donors (Lipinski definition) is 1. The Kier molecular flexibility index (Phi) is 6.52. The number of aliphatic hydroxyl groups is 1. The molecule has 1 unspecified atom stereocenters. The predicted octanol–water partition coefficient (Wildman–Crippen LogP) is 2.77. The van der Waals surface area contributed by atoms with Crippen molar-refractivity contribution in [2.24, 2.45) is 0 Å². The zero-order valence-corrected chi connectivity index (χ0v) is 17.8. The van der Waals surface area contributed by atoms with Crippen LogP contribution in [0.2, 0.25) is 0 Å². The topological polar surface area (TPSA) is 83.0 Å². The fraction of sp³-hybridized carbons (Fsp3) is 0.348. The highest BCUT2D eigenvalue weighted by molar-refractivity contribution is 6.46. The fourth-order valence-corrected chi connectivity index (χ4v) is 3.73. The largest absolute Gasteiger partial charge is 0.507 e. The van der Waals surface area contributed by atoms with Crippen molar-refractivity contribution >= 4 is 17.4 Å². The lowest BCUT2D eigenvalue weighted by Crippen LogP contribution is -2.32. The van der Waals surface area contributed by atoms with Crippen molar-refractivity contribution in [3.63, 3.8) is 0 Å². The number of aryl methyl sites for hydroxylation is 1. The molecule has 2 aromatic rings. The maximum absolute atomic E-state index is 13.0. The van der Waals surface area contributed by atoms with Crippen molar-refractivity contribution in [2.75, 3.05) is 34.3 Å². The monoisotopic (exact) mass is 409 g/mol. The van der Waals surface area contributed by atoms with Crippen molar-refractivity contribution < 1.29 is 19.4 Å². The number of benzene rings is 1. The smallest absolute Gasteiger partial charge is 0.295 e. The first kappa shape index (κ1) is 21.5. The summed E-state index contributed by atoms with van der Waals surface area (Å²) in [5.41, 5.74) is 2.09. The summed E-state index contributed by atoms with van der Waals surface area (Å²) in [6.45, 7) is 3.02. The lowest BCUT2D eigenvalue weighted by Gasteiger charge is -2.26. The van der Waals surface area contributed by atoms with Gasteiger partial charge in [-0.25, -0.2) is 0 Å². The van der Waals surface area contributed by atoms with Gasteiger partial charge in [-0.3, -0.25) is 14.6 Å². The highest BCUT2D eigenvalue weighted by Gasteiger charge is 2.45. The third-order valence-corrected chi connectivity index (χ3v) is 5.25. The zero-order chi connectivity index (χ0) is 21.8. The molecule has 1 aromatic carbocycles. The molecule has 7 heteroatoms. The first-order chi connectivity index (χ1) is 14.3. The molecule has 1 aliphatic rings. The van der Waals surface area contributed by atoms with Crippen molar-refractivity contribution in [1.82, 2.24) is 14.8 Å². The normalized spacial score (nSPS) is 18.3. The first-order valence-electron chi connectivity index (χ1n) is 9.83. The van der Waals surface area contributed by atoms with Gasteiger partial charge < -0.3 is 19.6 Å². The van der Waals surface area contributed by atoms with Crippen LogP contribution in [0.3, 0.4) is 0 Å². The minimum Gasteiger partial charge on any atom is -0.507 e. The van der Waals surface area contributed by atoms with Gasteiger partial charge in [-0.1, -0.05) is 0 Å². The van der Waals surface area contributed by atoms with Crippen LogP contribution < -0.4 is 4.74 Å². The summed E-state index contributed by atoms with van der Waals surface area (Å²) >= 11 is 0. The number of nitrogens with zero attached hydrogens (tertiary/aromatic N) is 3. The van der Waals surface area contributed by atoms with Gasteiger partial charge in [-0.2, -0.15) is 0 Å². The summed E-state index contributed by atoms with van der Waals surface area (Å²) in [6.07, 6.45) is 3.95. The summed E-state index contributed by atoms with van der Waals surface area (Å²) in [5.74, 6) is -0.790. The fourth-order valence-electron chi connectivity index (χ4n) is 3.73. The number of aromatic nitrogens is 1. The van der Waals surface area contributed by atoms with E-state index in [2.05, 4.69) is 4.98 Å². The second-order valence-electron chi connectivity index (χ2n) is 7.61. The molecule has 1 saturated heterocycles. The van der Waals surface area contributed by atoms with E-state index in [-0.39, 0.29) is 11.3 Å². The number of rotatable bonds is 7. The van der Waals surface area contributed by atoms with Crippen LogP contribution in [0.15, 0.2) is 48.3 Å². The molecule has 0 radical (unpaired) electrons. The first-order valence-corrected chi connectivity index (χ1v) is 9.83. The Morgan fingerprint density at radius 3 is 2.50 bits per heavy atom. The van der Waals surface area contributed by atoms with Crippen LogP contribution in [-0.2, 0) is 9.59 Å². The summed E-state index contributed by atoms with van der Waals surface area (Å²) in [4.78, 5) is 33.5. The molecule has 0 aliphatic carbocycles. The molecule has 158 valence electrons. The SMILES string of the molecule is COc1ccc(/C(O)=C2\C(=O)C(=O)N(CCCN(C)C)C2c2ccncc2)c(C)c1. The van der Waals surface area contributed by atoms with E-state index in [1.54, 1.807) is 54.7 Å². The van der Waals surface area contributed by atoms with Crippen molar-refractivity contribution in [2.45, 2.75) is 19.4 Å². The number of pyridine rings is 1. The van der Waals surface area contributed by atoms with Gasteiger partial charge in [0.15, 0.2) is 0 Å². The number of methoxy groups -OCH3 is 1. The van der Waals surface area contributed by atoms with E-state index in [0.717, 1.165) is 17.7 Å². The van der Waals surface area contributed by atoms with Crippen molar-refractivity contribution in [1.29, 1.82) is 0 Å². The third kappa shape index (κ3) is 4.21. The molecule has 1 aromatic heterocycles. The van der Waals surface area contributed by atoms with Gasteiger partial charge in [0.25, 0.3) is 11.7 Å². The highest BCUT2D eigenvalue weighted by Crippen LogP contribution is 2.40. The number of carbonyl (C=O) groups excluding carboxylic acids is 2. The van der Waals surface area contributed by atoms with Gasteiger partial charge in [0.1, 0.15) is 11.5 Å². The Hall–Kier alpha value is -3.19. The number of ether oxygens (including phenoxy) is 1. The summed E-state index contributed by atoms with van der Waals surface area (Å²) in [6, 6.07) is 8.08. The van der Waals surface area contributed by atoms with Crippen LogP contribution in [0.1, 0.15) is 29.2 Å². The maximum Gasteiger partial charge on any atom is 0.295 e. The van der Waals surface area contributed by atoms with Crippen molar-refractivity contribution in [3.05, 3.63) is 65.0 Å². The van der Waals surface area contributed by atoms with E-state index in [1.165, 1.54) is 0 Å². The summed E-state index contributed by atoms with van der Waals surface area (Å²) in [7, 11) is 5.48. The number of hydrogen-bond acceptors (Lipinski definition) is 6. The van der Waals surface area contributed by atoms with E-state index in [1.807, 2.05) is 25.9 Å². The molecule has 0 spiro atoms. The maximum atomic E-state index is 13.0. The number of carbonyl (C=O) groups is 2. The average molecular weight is 409 g/mol. The van der Waals surface area contributed by atoms with Crippen LogP contribution in [0, 0.1) is 6.92 Å². The van der Waals surface area contributed by atoms with E-state index in [4.69, 9.17) is 4.74 Å². The molecule has 0 saturated carbocycles. The van der Waals surface area contributed by atoms with Gasteiger partial charge in [-0.05, 0) is 75.4 Å². The lowest BCUT2D eigenvalue weighted by molar-refractivity contribution is -0.139. The molecular weight excluding hydrogens is 382 g/mol. The van der Waals surface area contributed by atoms with E-state index in [0.29, 0.717) is 24.3 Å². The molecule has 1 atom stereocenters. The molecule has 1 amide bonds. The van der Waals surface area contributed by atoms with Gasteiger partial charge in [0.05, 0.1) is 18.7 Å². The molecule has 30 heavy (non-hydrogen) atoms. The Morgan fingerprint density at radius 1 is 1.20 bits per heavy atom. The van der Waals surface area contributed by atoms with Crippen LogP contribution in [0.25, 0.3) is 5.76 Å². The minimum absolute atomic E-state index is 0.101. The second-order valence-corrected chi connectivity index (χ2v) is 7.61. The Labute approximate surface area is 176 Å². The lowest BCUT2D eigenvalue weighted by atomic mass is 9.94. The van der Waals surface area contributed by atoms with Gasteiger partial charge >= 0.3 is 0 Å². The number of likely N-dealkylation sites (tertiary alicyclic amines) is 1. The Balaban J connectivity index is 2.09. The number of amides is 1. The number of Topliss-reactive ketones (excluding diaryl/α,β-unsaturated/α-hetero) is 1. The minimum atomic E-state index is -0.672. The van der Waals surface area contributed by atoms with Crippen LogP contribution in [-0.4, -0.2) is 65.9 Å². The van der Waals surface area contributed by atoms with Crippen LogP contribution in [0.5, 0.6) is 5.75 Å². The average Bonchev–Trinajstić information content (AvgIpc) is 2.98. The van der Waals surface area contributed by atoms with Crippen LogP contribution >= 0.6 is 0 Å². The predicted molar refractivity (Wildman–Crippen MR) is 114 cm³/mol.